The zero-order valence-corrected chi connectivity index (χ0v) is 15.4. The number of benzene rings is 3. The number of rotatable bonds is 3. The lowest BCUT2D eigenvalue weighted by Gasteiger charge is -2.27. The number of ether oxygens (including phenoxy) is 1. The molecular weight excluding hydrogens is 354 g/mol. The van der Waals surface area contributed by atoms with E-state index in [4.69, 9.17) is 4.74 Å². The maximum atomic E-state index is 12.8. The fourth-order valence-electron chi connectivity index (χ4n) is 3.33. The van der Waals surface area contributed by atoms with E-state index in [0.717, 1.165) is 10.8 Å². The van der Waals surface area contributed by atoms with Crippen molar-refractivity contribution in [2.75, 3.05) is 36.9 Å². The molecule has 0 spiro atoms. The second kappa shape index (κ2) is 8.10. The van der Waals surface area contributed by atoms with Crippen LogP contribution in [-0.2, 0) is 4.74 Å². The van der Waals surface area contributed by atoms with Crippen LogP contribution in [0.5, 0.6) is 0 Å². The number of hydrogen-bond acceptors (Lipinski definition) is 3. The third-order valence-corrected chi connectivity index (χ3v) is 4.74. The highest BCUT2D eigenvalue weighted by Gasteiger charge is 2.21. The van der Waals surface area contributed by atoms with Gasteiger partial charge in [0.15, 0.2) is 0 Å². The van der Waals surface area contributed by atoms with E-state index >= 15 is 0 Å². The number of morpholine rings is 1. The smallest absolute Gasteiger partial charge is 0.323 e. The van der Waals surface area contributed by atoms with Gasteiger partial charge in [0.25, 0.3) is 5.91 Å². The number of carbonyl (C=O) groups excluding carboxylic acids is 2. The van der Waals surface area contributed by atoms with E-state index in [1.807, 2.05) is 42.5 Å². The molecule has 0 aromatic heterocycles. The lowest BCUT2D eigenvalue weighted by molar-refractivity contribution is 0.0303. The molecule has 142 valence electrons. The monoisotopic (exact) mass is 375 g/mol. The molecule has 0 saturated carbocycles. The van der Waals surface area contributed by atoms with E-state index in [0.29, 0.717) is 43.2 Å². The SMILES string of the molecule is O=C(Nc1ccccc1C(=O)N1CCOCC1)Nc1cccc2ccccc12. The van der Waals surface area contributed by atoms with Crippen LogP contribution >= 0.6 is 0 Å². The van der Waals surface area contributed by atoms with Crippen LogP contribution in [0.3, 0.4) is 0 Å². The van der Waals surface area contributed by atoms with Gasteiger partial charge in [-0.15, -0.1) is 0 Å². The highest BCUT2D eigenvalue weighted by Crippen LogP contribution is 2.24. The standard InChI is InChI=1S/C22H21N3O3/c26-21(25-12-14-28-15-13-25)18-9-3-4-10-20(18)24-22(27)23-19-11-5-7-16-6-1-2-8-17(16)19/h1-11H,12-15H2,(H2,23,24,27). The third-order valence-electron chi connectivity index (χ3n) is 4.74. The minimum absolute atomic E-state index is 0.107. The third kappa shape index (κ3) is 3.82. The number of carbonyl (C=O) groups is 2. The molecular formula is C22H21N3O3. The maximum Gasteiger partial charge on any atom is 0.323 e. The fourth-order valence-corrected chi connectivity index (χ4v) is 3.33. The van der Waals surface area contributed by atoms with Crippen LogP contribution in [0.4, 0.5) is 16.2 Å². The van der Waals surface area contributed by atoms with Crippen LogP contribution in [0.25, 0.3) is 10.8 Å². The molecule has 3 aromatic carbocycles. The average molecular weight is 375 g/mol. The molecule has 1 heterocycles. The van der Waals surface area contributed by atoms with E-state index in [1.165, 1.54) is 0 Å². The van der Waals surface area contributed by atoms with Gasteiger partial charge in [0, 0.05) is 18.5 Å². The summed E-state index contributed by atoms with van der Waals surface area (Å²) in [5.74, 6) is -0.107. The van der Waals surface area contributed by atoms with Crippen molar-refractivity contribution in [3.63, 3.8) is 0 Å². The number of fused-ring (bicyclic) bond motifs is 1. The van der Waals surface area contributed by atoms with Crippen LogP contribution in [0.2, 0.25) is 0 Å². The normalized spacial score (nSPS) is 13.9. The molecule has 28 heavy (non-hydrogen) atoms. The summed E-state index contributed by atoms with van der Waals surface area (Å²) in [5.41, 5.74) is 1.67. The number of nitrogens with one attached hydrogen (secondary N) is 2. The van der Waals surface area contributed by atoms with E-state index in [2.05, 4.69) is 10.6 Å². The number of para-hydroxylation sites is 1. The average Bonchev–Trinajstić information content (AvgIpc) is 2.74. The highest BCUT2D eigenvalue weighted by molar-refractivity contribution is 6.09. The Morgan fingerprint density at radius 3 is 2.29 bits per heavy atom. The van der Waals surface area contributed by atoms with Crippen molar-refractivity contribution in [2.45, 2.75) is 0 Å². The molecule has 1 fully saturated rings. The summed E-state index contributed by atoms with van der Waals surface area (Å²) in [7, 11) is 0. The topological polar surface area (TPSA) is 70.7 Å². The first-order chi connectivity index (χ1) is 13.7. The Balaban J connectivity index is 1.52. The molecule has 4 rings (SSSR count). The van der Waals surface area contributed by atoms with Gasteiger partial charge in [-0.1, -0.05) is 48.5 Å². The van der Waals surface area contributed by atoms with E-state index in [1.54, 1.807) is 29.2 Å². The van der Waals surface area contributed by atoms with Crippen molar-refractivity contribution < 1.29 is 14.3 Å². The first-order valence-corrected chi connectivity index (χ1v) is 9.24. The van der Waals surface area contributed by atoms with Gasteiger partial charge in [0.1, 0.15) is 0 Å². The second-order valence-electron chi connectivity index (χ2n) is 6.56. The van der Waals surface area contributed by atoms with Crippen molar-refractivity contribution in [1.29, 1.82) is 0 Å². The van der Waals surface area contributed by atoms with Crippen LogP contribution in [0, 0.1) is 0 Å². The summed E-state index contributed by atoms with van der Waals surface area (Å²) in [4.78, 5) is 27.2. The molecule has 3 amide bonds. The Labute approximate surface area is 163 Å². The van der Waals surface area contributed by atoms with Crippen molar-refractivity contribution >= 4 is 34.1 Å². The molecule has 6 nitrogen and oxygen atoms in total. The molecule has 1 aliphatic heterocycles. The van der Waals surface area contributed by atoms with Crippen LogP contribution in [0.15, 0.2) is 66.7 Å². The summed E-state index contributed by atoms with van der Waals surface area (Å²) in [6.07, 6.45) is 0. The van der Waals surface area contributed by atoms with Crippen LogP contribution < -0.4 is 10.6 Å². The Morgan fingerprint density at radius 2 is 1.43 bits per heavy atom. The Hall–Kier alpha value is -3.38. The summed E-state index contributed by atoms with van der Waals surface area (Å²) in [6.45, 7) is 2.16. The fraction of sp³-hybridized carbons (Fsp3) is 0.182. The van der Waals surface area contributed by atoms with Crippen molar-refractivity contribution in [2.24, 2.45) is 0 Å². The number of anilines is 2. The Bertz CT molecular complexity index is 1010. The van der Waals surface area contributed by atoms with Gasteiger partial charge in [-0.25, -0.2) is 4.79 Å². The van der Waals surface area contributed by atoms with Crippen molar-refractivity contribution in [1.82, 2.24) is 4.90 Å². The van der Waals surface area contributed by atoms with E-state index < -0.39 is 6.03 Å². The van der Waals surface area contributed by atoms with Gasteiger partial charge in [-0.05, 0) is 23.6 Å². The van der Waals surface area contributed by atoms with Gasteiger partial charge in [-0.3, -0.25) is 4.79 Å². The predicted octanol–water partition coefficient (Wildman–Crippen LogP) is 3.96. The molecule has 0 aliphatic carbocycles. The molecule has 3 aromatic rings. The quantitative estimate of drug-likeness (QED) is 0.728. The summed E-state index contributed by atoms with van der Waals surface area (Å²) < 4.78 is 5.31. The Kier molecular flexibility index (Phi) is 5.21. The van der Waals surface area contributed by atoms with E-state index in [-0.39, 0.29) is 5.91 Å². The minimum Gasteiger partial charge on any atom is -0.378 e. The van der Waals surface area contributed by atoms with Crippen molar-refractivity contribution in [3.05, 3.63) is 72.3 Å². The molecule has 1 aliphatic rings. The zero-order chi connectivity index (χ0) is 19.3. The van der Waals surface area contributed by atoms with Gasteiger partial charge in [0.05, 0.1) is 30.2 Å². The molecule has 0 bridgehead atoms. The van der Waals surface area contributed by atoms with Crippen LogP contribution in [-0.4, -0.2) is 43.1 Å². The molecule has 0 radical (unpaired) electrons. The molecule has 6 heteroatoms. The Morgan fingerprint density at radius 1 is 0.786 bits per heavy atom. The van der Waals surface area contributed by atoms with E-state index in [9.17, 15) is 9.59 Å². The summed E-state index contributed by atoms with van der Waals surface area (Å²) >= 11 is 0. The second-order valence-corrected chi connectivity index (χ2v) is 6.56. The number of hydrogen-bond donors (Lipinski definition) is 2. The van der Waals surface area contributed by atoms with Gasteiger partial charge < -0.3 is 20.3 Å². The lowest BCUT2D eigenvalue weighted by Crippen LogP contribution is -2.41. The first kappa shape index (κ1) is 18.0. The van der Waals surface area contributed by atoms with Gasteiger partial charge in [-0.2, -0.15) is 0 Å². The maximum absolute atomic E-state index is 12.8. The molecule has 1 saturated heterocycles. The van der Waals surface area contributed by atoms with Crippen LogP contribution in [0.1, 0.15) is 10.4 Å². The number of urea groups is 1. The molecule has 0 unspecified atom stereocenters. The van der Waals surface area contributed by atoms with Crippen molar-refractivity contribution in [3.8, 4) is 0 Å². The number of nitrogens with zero attached hydrogens (tertiary/aromatic N) is 1. The zero-order valence-electron chi connectivity index (χ0n) is 15.4. The summed E-state index contributed by atoms with van der Waals surface area (Å²) in [6, 6.07) is 20.2. The minimum atomic E-state index is -0.390. The van der Waals surface area contributed by atoms with Gasteiger partial charge in [0.2, 0.25) is 0 Å². The lowest BCUT2D eigenvalue weighted by atomic mass is 10.1. The largest absolute Gasteiger partial charge is 0.378 e. The predicted molar refractivity (Wildman–Crippen MR) is 110 cm³/mol. The number of amides is 3. The first-order valence-electron chi connectivity index (χ1n) is 9.24. The highest BCUT2D eigenvalue weighted by atomic mass is 16.5. The molecule has 2 N–H and O–H groups in total. The van der Waals surface area contributed by atoms with Gasteiger partial charge >= 0.3 is 6.03 Å². The molecule has 0 atom stereocenters. The summed E-state index contributed by atoms with van der Waals surface area (Å²) in [5, 5.41) is 7.70.